The summed E-state index contributed by atoms with van der Waals surface area (Å²) in [4.78, 5) is 41.4. The summed E-state index contributed by atoms with van der Waals surface area (Å²) in [5.74, 6) is -0.209. The highest BCUT2D eigenvalue weighted by molar-refractivity contribution is 5.86. The van der Waals surface area contributed by atoms with Gasteiger partial charge in [0.05, 0.1) is 19.2 Å². The number of hydrogen-bond acceptors (Lipinski definition) is 6. The number of hydrogen-bond donors (Lipinski definition) is 1. The van der Waals surface area contributed by atoms with Crippen LogP contribution in [0.3, 0.4) is 0 Å². The summed E-state index contributed by atoms with van der Waals surface area (Å²) in [5, 5.41) is 2.77. The predicted molar refractivity (Wildman–Crippen MR) is 116 cm³/mol. The normalized spacial score (nSPS) is 11.2. The van der Waals surface area contributed by atoms with E-state index < -0.39 is 18.5 Å². The Hall–Kier alpha value is -3.16. The third kappa shape index (κ3) is 7.88. The Morgan fingerprint density at radius 2 is 1.87 bits per heavy atom. The maximum Gasteiger partial charge on any atom is 0.306 e. The van der Waals surface area contributed by atoms with Crippen LogP contribution < -0.4 is 5.32 Å². The maximum absolute atomic E-state index is 12.1. The minimum Gasteiger partial charge on any atom is -0.456 e. The zero-order chi connectivity index (χ0) is 23.2. The molecule has 0 aliphatic heterocycles. The number of aryl methyl sites for hydroxylation is 3. The van der Waals surface area contributed by atoms with Crippen LogP contribution in [0, 0.1) is 13.8 Å². The summed E-state index contributed by atoms with van der Waals surface area (Å²) in [6, 6.07) is 6.01. The van der Waals surface area contributed by atoms with Gasteiger partial charge >= 0.3 is 5.97 Å². The van der Waals surface area contributed by atoms with Crippen molar-refractivity contribution in [3.8, 4) is 11.3 Å². The van der Waals surface area contributed by atoms with E-state index in [9.17, 15) is 14.4 Å². The molecule has 8 nitrogen and oxygen atoms in total. The maximum atomic E-state index is 12.1. The Kier molecular flexibility index (Phi) is 7.96. The number of oxazole rings is 1. The summed E-state index contributed by atoms with van der Waals surface area (Å²) in [6.07, 6.45) is 1.93. The lowest BCUT2D eigenvalue weighted by Gasteiger charge is -2.23. The van der Waals surface area contributed by atoms with Crippen molar-refractivity contribution in [2.24, 2.45) is 0 Å². The number of ether oxygens (including phenoxy) is 1. The molecule has 0 saturated heterocycles. The molecule has 2 rings (SSSR count). The van der Waals surface area contributed by atoms with Crippen LogP contribution in [0.25, 0.3) is 11.3 Å². The predicted octanol–water partition coefficient (Wildman–Crippen LogP) is 2.81. The number of carbonyl (C=O) groups is 3. The van der Waals surface area contributed by atoms with Crippen LogP contribution in [0.5, 0.6) is 0 Å². The fraction of sp³-hybridized carbons (Fsp3) is 0.478. The second-order valence-corrected chi connectivity index (χ2v) is 8.63. The SMILES string of the molecule is Cc1ccc(-c2cnc(CCC(=O)OCC(=O)N(C)CC(=O)NC(C)(C)C)o2)cc1C. The number of carbonyl (C=O) groups excluding carboxylic acids is 3. The van der Waals surface area contributed by atoms with Crippen molar-refractivity contribution >= 4 is 17.8 Å². The molecule has 2 aromatic rings. The van der Waals surface area contributed by atoms with Crippen molar-refractivity contribution in [1.29, 1.82) is 0 Å². The number of benzene rings is 1. The van der Waals surface area contributed by atoms with E-state index in [1.54, 1.807) is 6.20 Å². The van der Waals surface area contributed by atoms with Crippen LogP contribution in [0.2, 0.25) is 0 Å². The van der Waals surface area contributed by atoms with Crippen LogP contribution in [-0.2, 0) is 25.5 Å². The minimum atomic E-state index is -0.535. The number of nitrogens with one attached hydrogen (secondary N) is 1. The third-order valence-corrected chi connectivity index (χ3v) is 4.57. The van der Waals surface area contributed by atoms with Gasteiger partial charge in [-0.2, -0.15) is 0 Å². The van der Waals surface area contributed by atoms with Gasteiger partial charge < -0.3 is 19.4 Å². The highest BCUT2D eigenvalue weighted by atomic mass is 16.5. The quantitative estimate of drug-likeness (QED) is 0.648. The van der Waals surface area contributed by atoms with E-state index >= 15 is 0 Å². The Morgan fingerprint density at radius 3 is 2.52 bits per heavy atom. The van der Waals surface area contributed by atoms with Crippen molar-refractivity contribution < 1.29 is 23.5 Å². The molecule has 0 saturated carbocycles. The summed E-state index contributed by atoms with van der Waals surface area (Å²) >= 11 is 0. The van der Waals surface area contributed by atoms with Crippen molar-refractivity contribution in [1.82, 2.24) is 15.2 Å². The van der Waals surface area contributed by atoms with Crippen LogP contribution in [0.15, 0.2) is 28.8 Å². The molecule has 2 amide bonds. The highest BCUT2D eigenvalue weighted by Gasteiger charge is 2.19. The average Bonchev–Trinajstić information content (AvgIpc) is 3.14. The van der Waals surface area contributed by atoms with Gasteiger partial charge in [0, 0.05) is 24.6 Å². The first kappa shape index (κ1) is 24.1. The molecule has 0 aliphatic carbocycles. The summed E-state index contributed by atoms with van der Waals surface area (Å²) in [5.41, 5.74) is 2.89. The first-order valence-electron chi connectivity index (χ1n) is 10.2. The lowest BCUT2D eigenvalue weighted by molar-refractivity contribution is -0.152. The molecule has 1 N–H and O–H groups in total. The number of likely N-dealkylation sites (N-methyl/N-ethyl adjacent to an activating group) is 1. The number of aromatic nitrogens is 1. The van der Waals surface area contributed by atoms with Crippen LogP contribution in [0.4, 0.5) is 0 Å². The van der Waals surface area contributed by atoms with Crippen molar-refractivity contribution in [2.45, 2.75) is 53.0 Å². The van der Waals surface area contributed by atoms with Gasteiger partial charge in [-0.25, -0.2) is 4.98 Å². The zero-order valence-electron chi connectivity index (χ0n) is 19.1. The zero-order valence-corrected chi connectivity index (χ0v) is 19.1. The second-order valence-electron chi connectivity index (χ2n) is 8.63. The molecule has 1 heterocycles. The molecule has 0 fully saturated rings. The number of nitrogens with zero attached hydrogens (tertiary/aromatic N) is 2. The standard InChI is InChI=1S/C23H31N3O5/c1-15-7-8-17(11-16(15)2)18-12-24-20(31-18)9-10-22(29)30-14-21(28)26(6)13-19(27)25-23(3,4)5/h7-8,11-12H,9-10,13-14H2,1-6H3,(H,25,27). The topological polar surface area (TPSA) is 102 Å². The lowest BCUT2D eigenvalue weighted by atomic mass is 10.1. The van der Waals surface area contributed by atoms with E-state index in [1.807, 2.05) is 52.8 Å². The second kappa shape index (κ2) is 10.2. The third-order valence-electron chi connectivity index (χ3n) is 4.57. The fourth-order valence-electron chi connectivity index (χ4n) is 2.75. The van der Waals surface area contributed by atoms with Gasteiger partial charge in [-0.05, 0) is 51.8 Å². The lowest BCUT2D eigenvalue weighted by Crippen LogP contribution is -2.46. The Labute approximate surface area is 183 Å². The first-order chi connectivity index (χ1) is 14.4. The molecular weight excluding hydrogens is 398 g/mol. The molecule has 1 aromatic carbocycles. The minimum absolute atomic E-state index is 0.0361. The van der Waals surface area contributed by atoms with Gasteiger partial charge in [0.1, 0.15) is 0 Å². The van der Waals surface area contributed by atoms with Gasteiger partial charge in [0.15, 0.2) is 18.3 Å². The van der Waals surface area contributed by atoms with Crippen molar-refractivity contribution in [3.05, 3.63) is 41.4 Å². The number of amides is 2. The highest BCUT2D eigenvalue weighted by Crippen LogP contribution is 2.23. The molecule has 0 spiro atoms. The average molecular weight is 430 g/mol. The number of rotatable bonds is 8. The van der Waals surface area contributed by atoms with Crippen molar-refractivity contribution in [3.63, 3.8) is 0 Å². The van der Waals surface area contributed by atoms with Crippen LogP contribution >= 0.6 is 0 Å². The summed E-state index contributed by atoms with van der Waals surface area (Å²) in [7, 11) is 1.49. The summed E-state index contributed by atoms with van der Waals surface area (Å²) in [6.45, 7) is 9.11. The molecule has 8 heteroatoms. The molecule has 0 unspecified atom stereocenters. The van der Waals surface area contributed by atoms with Gasteiger partial charge in [0.2, 0.25) is 5.91 Å². The van der Waals surface area contributed by atoms with E-state index in [0.717, 1.165) is 11.1 Å². The van der Waals surface area contributed by atoms with Gasteiger partial charge in [-0.3, -0.25) is 14.4 Å². The van der Waals surface area contributed by atoms with Crippen molar-refractivity contribution in [2.75, 3.05) is 20.2 Å². The van der Waals surface area contributed by atoms with E-state index in [1.165, 1.54) is 17.5 Å². The molecule has 168 valence electrons. The van der Waals surface area contributed by atoms with E-state index in [-0.39, 0.29) is 30.8 Å². The van der Waals surface area contributed by atoms with Gasteiger partial charge in [-0.15, -0.1) is 0 Å². The monoisotopic (exact) mass is 429 g/mol. The van der Waals surface area contributed by atoms with E-state index in [0.29, 0.717) is 11.7 Å². The first-order valence-corrected chi connectivity index (χ1v) is 10.2. The molecular formula is C23H31N3O5. The van der Waals surface area contributed by atoms with Crippen LogP contribution in [0.1, 0.15) is 44.2 Å². The summed E-state index contributed by atoms with van der Waals surface area (Å²) < 4.78 is 10.7. The largest absolute Gasteiger partial charge is 0.456 e. The molecule has 1 aromatic heterocycles. The molecule has 0 bridgehead atoms. The molecule has 0 atom stereocenters. The van der Waals surface area contributed by atoms with Crippen LogP contribution in [-0.4, -0.2) is 53.4 Å². The van der Waals surface area contributed by atoms with E-state index in [2.05, 4.69) is 10.3 Å². The number of esters is 1. The Bertz CT molecular complexity index is 943. The molecule has 0 aliphatic rings. The fourth-order valence-corrected chi connectivity index (χ4v) is 2.75. The molecule has 0 radical (unpaired) electrons. The van der Waals surface area contributed by atoms with E-state index in [4.69, 9.17) is 9.15 Å². The Balaban J connectivity index is 1.77. The molecule has 31 heavy (non-hydrogen) atoms. The smallest absolute Gasteiger partial charge is 0.306 e. The van der Waals surface area contributed by atoms with Gasteiger partial charge in [0.25, 0.3) is 5.91 Å². The Morgan fingerprint density at radius 1 is 1.16 bits per heavy atom. The van der Waals surface area contributed by atoms with Gasteiger partial charge in [-0.1, -0.05) is 12.1 Å².